The number of fused-ring (bicyclic) bond motifs is 1. The quantitative estimate of drug-likeness (QED) is 0.797. The summed E-state index contributed by atoms with van der Waals surface area (Å²) in [4.78, 5) is 17.3. The highest BCUT2D eigenvalue weighted by molar-refractivity contribution is 5.88. The van der Waals surface area contributed by atoms with E-state index in [9.17, 15) is 4.79 Å². The highest BCUT2D eigenvalue weighted by Gasteiger charge is 2.29. The Bertz CT molecular complexity index is 611. The van der Waals surface area contributed by atoms with Crippen molar-refractivity contribution in [2.75, 3.05) is 33.3 Å². The number of para-hydroxylation sites is 1. The Labute approximate surface area is 145 Å². The minimum Gasteiger partial charge on any atom is -0.496 e. The molecule has 3 rings (SSSR count). The van der Waals surface area contributed by atoms with Crippen LogP contribution in [0.15, 0.2) is 35.9 Å². The zero-order valence-corrected chi connectivity index (χ0v) is 14.8. The van der Waals surface area contributed by atoms with E-state index in [0.717, 1.165) is 49.4 Å². The van der Waals surface area contributed by atoms with Gasteiger partial charge < -0.3 is 9.64 Å². The summed E-state index contributed by atoms with van der Waals surface area (Å²) in [5, 5.41) is 0. The number of allylic oxidation sites excluding steroid dienone is 1. The van der Waals surface area contributed by atoms with Crippen LogP contribution in [0.1, 0.15) is 31.7 Å². The predicted octanol–water partition coefficient (Wildman–Crippen LogP) is 2.88. The number of amides is 1. The number of methoxy groups -OCH3 is 1. The predicted molar refractivity (Wildman–Crippen MR) is 96.2 cm³/mol. The van der Waals surface area contributed by atoms with Gasteiger partial charge in [-0.15, -0.1) is 0 Å². The third-order valence-electron chi connectivity index (χ3n) is 5.15. The summed E-state index contributed by atoms with van der Waals surface area (Å²) >= 11 is 0. The topological polar surface area (TPSA) is 32.8 Å². The summed E-state index contributed by atoms with van der Waals surface area (Å²) in [6.45, 7) is 6.14. The monoisotopic (exact) mass is 328 g/mol. The lowest BCUT2D eigenvalue weighted by atomic mass is 10.0. The van der Waals surface area contributed by atoms with Gasteiger partial charge in [-0.05, 0) is 50.8 Å². The normalized spacial score (nSPS) is 22.2. The average molecular weight is 328 g/mol. The van der Waals surface area contributed by atoms with Gasteiger partial charge in [0.1, 0.15) is 5.75 Å². The van der Waals surface area contributed by atoms with Crippen LogP contribution in [0.2, 0.25) is 0 Å². The lowest BCUT2D eigenvalue weighted by molar-refractivity contribution is -0.126. The van der Waals surface area contributed by atoms with E-state index in [1.807, 2.05) is 36.1 Å². The first-order chi connectivity index (χ1) is 11.7. The van der Waals surface area contributed by atoms with Crippen molar-refractivity contribution in [3.05, 3.63) is 41.5 Å². The van der Waals surface area contributed by atoms with Crippen molar-refractivity contribution < 1.29 is 9.53 Å². The molecule has 0 aliphatic carbocycles. The van der Waals surface area contributed by atoms with Crippen LogP contribution in [0.4, 0.5) is 0 Å². The van der Waals surface area contributed by atoms with E-state index in [-0.39, 0.29) is 5.91 Å². The van der Waals surface area contributed by atoms with Crippen LogP contribution in [0.3, 0.4) is 0 Å². The van der Waals surface area contributed by atoms with E-state index in [4.69, 9.17) is 4.74 Å². The van der Waals surface area contributed by atoms with Gasteiger partial charge in [0.15, 0.2) is 0 Å². The molecule has 2 aliphatic rings. The minimum absolute atomic E-state index is 0.163. The fraction of sp³-hybridized carbons (Fsp3) is 0.550. The van der Waals surface area contributed by atoms with E-state index in [1.165, 1.54) is 19.4 Å². The molecule has 2 saturated heterocycles. The smallest absolute Gasteiger partial charge is 0.246 e. The van der Waals surface area contributed by atoms with Crippen molar-refractivity contribution >= 4 is 5.91 Å². The molecule has 24 heavy (non-hydrogen) atoms. The number of hydrogen-bond donors (Lipinski definition) is 0. The minimum atomic E-state index is 0.163. The first kappa shape index (κ1) is 17.0. The number of benzene rings is 1. The number of ether oxygens (including phenoxy) is 1. The molecule has 1 aromatic carbocycles. The van der Waals surface area contributed by atoms with Crippen LogP contribution in [0.25, 0.3) is 0 Å². The number of rotatable bonds is 4. The summed E-state index contributed by atoms with van der Waals surface area (Å²) in [5.41, 5.74) is 2.21. The number of carbonyl (C=O) groups excluding carboxylic acids is 1. The molecule has 130 valence electrons. The lowest BCUT2D eigenvalue weighted by Crippen LogP contribution is -2.39. The van der Waals surface area contributed by atoms with Crippen molar-refractivity contribution in [1.29, 1.82) is 0 Å². The highest BCUT2D eigenvalue weighted by atomic mass is 16.5. The molecule has 0 aromatic heterocycles. The van der Waals surface area contributed by atoms with Crippen LogP contribution >= 0.6 is 0 Å². The highest BCUT2D eigenvalue weighted by Crippen LogP contribution is 2.23. The van der Waals surface area contributed by atoms with Crippen LogP contribution in [-0.4, -0.2) is 55.0 Å². The molecule has 1 aromatic rings. The van der Waals surface area contributed by atoms with Crippen LogP contribution in [0, 0.1) is 0 Å². The second-order valence-corrected chi connectivity index (χ2v) is 6.95. The third-order valence-corrected chi connectivity index (χ3v) is 5.15. The van der Waals surface area contributed by atoms with Gasteiger partial charge in [-0.25, -0.2) is 0 Å². The molecule has 4 heteroatoms. The maximum Gasteiger partial charge on any atom is 0.246 e. The largest absolute Gasteiger partial charge is 0.496 e. The van der Waals surface area contributed by atoms with Crippen molar-refractivity contribution in [2.24, 2.45) is 0 Å². The van der Waals surface area contributed by atoms with Crippen LogP contribution < -0.4 is 4.74 Å². The van der Waals surface area contributed by atoms with Crippen molar-refractivity contribution in [3.63, 3.8) is 0 Å². The van der Waals surface area contributed by atoms with Gasteiger partial charge in [-0.3, -0.25) is 9.69 Å². The molecule has 0 bridgehead atoms. The summed E-state index contributed by atoms with van der Waals surface area (Å²) in [7, 11) is 1.69. The van der Waals surface area contributed by atoms with Crippen molar-refractivity contribution in [3.8, 4) is 5.75 Å². The molecule has 0 unspecified atom stereocenters. The SMILES string of the molecule is COc1ccccc1C/C(C)=C\C(=O)N1CCCN2CCC[C@@H]2C1. The molecular weight excluding hydrogens is 300 g/mol. The van der Waals surface area contributed by atoms with Gasteiger partial charge in [0.25, 0.3) is 0 Å². The summed E-state index contributed by atoms with van der Waals surface area (Å²) < 4.78 is 5.40. The van der Waals surface area contributed by atoms with Gasteiger partial charge in [0.2, 0.25) is 5.91 Å². The van der Waals surface area contributed by atoms with Crippen LogP contribution in [0.5, 0.6) is 5.75 Å². The Kier molecular flexibility index (Phi) is 5.56. The van der Waals surface area contributed by atoms with Crippen LogP contribution in [-0.2, 0) is 11.2 Å². The van der Waals surface area contributed by atoms with E-state index in [2.05, 4.69) is 11.0 Å². The third kappa shape index (κ3) is 3.99. The molecule has 2 heterocycles. The zero-order chi connectivity index (χ0) is 16.9. The van der Waals surface area contributed by atoms with Gasteiger partial charge in [-0.1, -0.05) is 23.8 Å². The average Bonchev–Trinajstić information content (AvgIpc) is 2.92. The molecule has 0 radical (unpaired) electrons. The molecule has 0 spiro atoms. The van der Waals surface area contributed by atoms with Gasteiger partial charge >= 0.3 is 0 Å². The Morgan fingerprint density at radius 3 is 2.88 bits per heavy atom. The number of hydrogen-bond acceptors (Lipinski definition) is 3. The standard InChI is InChI=1S/C20H28N2O2/c1-16(13-17-7-3-4-9-19(17)24-2)14-20(23)22-12-6-11-21-10-5-8-18(21)15-22/h3-4,7,9,14,18H,5-6,8,10-13,15H2,1-2H3/b16-14-/t18-/m1/s1. The van der Waals surface area contributed by atoms with Crippen molar-refractivity contribution in [1.82, 2.24) is 9.80 Å². The van der Waals surface area contributed by atoms with E-state index < -0.39 is 0 Å². The van der Waals surface area contributed by atoms with E-state index >= 15 is 0 Å². The molecule has 2 aliphatic heterocycles. The summed E-state index contributed by atoms with van der Waals surface area (Å²) in [5.74, 6) is 1.05. The van der Waals surface area contributed by atoms with Crippen molar-refractivity contribution in [2.45, 2.75) is 38.6 Å². The molecule has 1 atom stereocenters. The molecule has 0 N–H and O–H groups in total. The second-order valence-electron chi connectivity index (χ2n) is 6.95. The molecule has 0 saturated carbocycles. The lowest BCUT2D eigenvalue weighted by Gasteiger charge is -2.25. The summed E-state index contributed by atoms with van der Waals surface area (Å²) in [6.07, 6.45) is 6.15. The molecule has 1 amide bonds. The molecular formula is C20H28N2O2. The Morgan fingerprint density at radius 1 is 1.25 bits per heavy atom. The zero-order valence-electron chi connectivity index (χ0n) is 14.8. The fourth-order valence-electron chi connectivity index (χ4n) is 3.91. The maximum absolute atomic E-state index is 12.7. The van der Waals surface area contributed by atoms with Gasteiger partial charge in [0, 0.05) is 31.8 Å². The second kappa shape index (κ2) is 7.84. The Morgan fingerprint density at radius 2 is 2.04 bits per heavy atom. The number of nitrogens with zero attached hydrogens (tertiary/aromatic N) is 2. The Hall–Kier alpha value is -1.81. The first-order valence-corrected chi connectivity index (χ1v) is 8.99. The first-order valence-electron chi connectivity index (χ1n) is 8.99. The van der Waals surface area contributed by atoms with Gasteiger partial charge in [0.05, 0.1) is 7.11 Å². The summed E-state index contributed by atoms with van der Waals surface area (Å²) in [6, 6.07) is 8.57. The van der Waals surface area contributed by atoms with E-state index in [0.29, 0.717) is 6.04 Å². The Balaban J connectivity index is 1.64. The fourth-order valence-corrected chi connectivity index (χ4v) is 3.91. The maximum atomic E-state index is 12.7. The van der Waals surface area contributed by atoms with E-state index in [1.54, 1.807) is 7.11 Å². The van der Waals surface area contributed by atoms with Gasteiger partial charge in [-0.2, -0.15) is 0 Å². The molecule has 4 nitrogen and oxygen atoms in total. The molecule has 2 fully saturated rings. The number of carbonyl (C=O) groups is 1.